The second kappa shape index (κ2) is 9.58. The third-order valence-electron chi connectivity index (χ3n) is 3.70. The minimum absolute atomic E-state index is 0.0759. The Balaban J connectivity index is 2.46. The number of halogens is 7. The molecule has 172 valence electrons. The number of anilines is 1. The maximum Gasteiger partial charge on any atom is 0.416 e. The van der Waals surface area contributed by atoms with E-state index < -0.39 is 69.8 Å². The molecule has 0 saturated carbocycles. The molecule has 0 spiro atoms. The van der Waals surface area contributed by atoms with Crippen molar-refractivity contribution in [3.8, 4) is 11.5 Å². The molecule has 0 aliphatic carbocycles. The molecule has 0 unspecified atom stereocenters. The first-order chi connectivity index (χ1) is 14.9. The molecule has 0 saturated heterocycles. The van der Waals surface area contributed by atoms with Crippen molar-refractivity contribution in [1.82, 2.24) is 0 Å². The molecule has 0 atom stereocenters. The molecule has 6 nitrogen and oxygen atoms in total. The van der Waals surface area contributed by atoms with Crippen molar-refractivity contribution in [2.45, 2.75) is 6.18 Å². The van der Waals surface area contributed by atoms with Crippen LogP contribution in [0.25, 0.3) is 0 Å². The van der Waals surface area contributed by atoms with Gasteiger partial charge in [0.15, 0.2) is 29.0 Å². The van der Waals surface area contributed by atoms with Crippen LogP contribution in [0.3, 0.4) is 0 Å². The zero-order valence-electron chi connectivity index (χ0n) is 16.1. The number of carbonyl (C=O) groups is 2. The van der Waals surface area contributed by atoms with E-state index in [2.05, 4.69) is 19.5 Å². The Labute approximate surface area is 175 Å². The zero-order chi connectivity index (χ0) is 24.2. The monoisotopic (exact) mass is 467 g/mol. The van der Waals surface area contributed by atoms with Crippen LogP contribution >= 0.6 is 0 Å². The molecule has 1 N–H and O–H groups in total. The van der Waals surface area contributed by atoms with Gasteiger partial charge in [-0.2, -0.15) is 13.2 Å². The molecule has 2 aromatic carbocycles. The molecule has 0 aromatic heterocycles. The van der Waals surface area contributed by atoms with E-state index in [0.29, 0.717) is 12.1 Å². The summed E-state index contributed by atoms with van der Waals surface area (Å²) in [7, 11) is 1.91. The number of hydrogen-bond donors (Lipinski definition) is 1. The lowest BCUT2D eigenvalue weighted by molar-refractivity contribution is -0.138. The second-order valence-corrected chi connectivity index (χ2v) is 5.83. The van der Waals surface area contributed by atoms with Gasteiger partial charge in [-0.05, 0) is 12.1 Å². The number of alkyl halides is 3. The van der Waals surface area contributed by atoms with E-state index in [-0.39, 0.29) is 18.2 Å². The minimum atomic E-state index is -5.06. The van der Waals surface area contributed by atoms with Crippen LogP contribution in [0, 0.1) is 23.3 Å². The van der Waals surface area contributed by atoms with Crippen LogP contribution < -0.4 is 10.1 Å². The number of nitrogens with one attached hydrogen (secondary N) is 1. The lowest BCUT2D eigenvalue weighted by atomic mass is 10.2. The van der Waals surface area contributed by atoms with E-state index >= 15 is 0 Å². The van der Waals surface area contributed by atoms with E-state index in [0.717, 1.165) is 14.2 Å². The van der Waals surface area contributed by atoms with Crippen LogP contribution in [0.2, 0.25) is 0 Å². The Morgan fingerprint density at radius 3 is 1.97 bits per heavy atom. The second-order valence-electron chi connectivity index (χ2n) is 5.83. The molecule has 32 heavy (non-hydrogen) atoms. The summed E-state index contributed by atoms with van der Waals surface area (Å²) >= 11 is 0. The molecule has 2 aromatic rings. The molecule has 0 heterocycles. The third kappa shape index (κ3) is 5.68. The molecular formula is C19H12F7NO5. The number of carbonyl (C=O) groups excluding carboxylic acids is 2. The zero-order valence-corrected chi connectivity index (χ0v) is 16.1. The van der Waals surface area contributed by atoms with E-state index in [1.165, 1.54) is 0 Å². The standard InChI is InChI=1S/C19H12F7NO5/c1-30-16(28)7-14(18(29)31-2)27-13-6-15(10(21)5-9(13)20)32-17-11(22)3-8(4-12(17)23)19(24,25)26/h3-7,27H,1-2H3/b14-7+. The van der Waals surface area contributed by atoms with Crippen LogP contribution in [0.1, 0.15) is 5.56 Å². The quantitative estimate of drug-likeness (QED) is 0.378. The van der Waals surface area contributed by atoms with E-state index in [1.54, 1.807) is 0 Å². The molecule has 0 radical (unpaired) electrons. The smallest absolute Gasteiger partial charge is 0.416 e. The van der Waals surface area contributed by atoms with E-state index in [1.807, 2.05) is 0 Å². The van der Waals surface area contributed by atoms with Crippen LogP contribution in [0.4, 0.5) is 36.4 Å². The van der Waals surface area contributed by atoms with Crippen molar-refractivity contribution in [3.05, 3.63) is 64.9 Å². The average Bonchev–Trinajstić information content (AvgIpc) is 2.71. The van der Waals surface area contributed by atoms with Gasteiger partial charge >= 0.3 is 18.1 Å². The third-order valence-corrected chi connectivity index (χ3v) is 3.70. The first kappa shape index (κ1) is 24.5. The molecule has 2 rings (SSSR count). The highest BCUT2D eigenvalue weighted by atomic mass is 19.4. The van der Waals surface area contributed by atoms with E-state index in [4.69, 9.17) is 0 Å². The molecule has 13 heteroatoms. The highest BCUT2D eigenvalue weighted by molar-refractivity contribution is 5.98. The number of methoxy groups -OCH3 is 2. The fourth-order valence-corrected chi connectivity index (χ4v) is 2.21. The lowest BCUT2D eigenvalue weighted by Crippen LogP contribution is -2.16. The fraction of sp³-hybridized carbons (Fsp3) is 0.158. The summed E-state index contributed by atoms with van der Waals surface area (Å²) in [6.45, 7) is 0. The number of ether oxygens (including phenoxy) is 3. The van der Waals surface area contributed by atoms with Crippen LogP contribution in [0.15, 0.2) is 36.0 Å². The maximum atomic E-state index is 14.1. The molecule has 0 amide bonds. The molecule has 0 fully saturated rings. The summed E-state index contributed by atoms with van der Waals surface area (Å²) < 4.78 is 107. The predicted octanol–water partition coefficient (Wildman–Crippen LogP) is 4.70. The van der Waals surface area contributed by atoms with Crippen LogP contribution in [-0.4, -0.2) is 26.2 Å². The van der Waals surface area contributed by atoms with Crippen molar-refractivity contribution in [1.29, 1.82) is 0 Å². The van der Waals surface area contributed by atoms with Gasteiger partial charge in [-0.1, -0.05) is 0 Å². The lowest BCUT2D eigenvalue weighted by Gasteiger charge is -2.14. The summed E-state index contributed by atoms with van der Waals surface area (Å²) in [6, 6.07) is 0.556. The van der Waals surface area contributed by atoms with Gasteiger partial charge in [0.05, 0.1) is 31.5 Å². The Morgan fingerprint density at radius 2 is 1.47 bits per heavy atom. The van der Waals surface area contributed by atoms with Crippen molar-refractivity contribution in [3.63, 3.8) is 0 Å². The van der Waals surface area contributed by atoms with Gasteiger partial charge in [0.1, 0.15) is 11.5 Å². The summed E-state index contributed by atoms with van der Waals surface area (Å²) in [6.07, 6.45) is -4.49. The topological polar surface area (TPSA) is 73.9 Å². The van der Waals surface area contributed by atoms with Gasteiger partial charge in [-0.25, -0.2) is 27.2 Å². The first-order valence-corrected chi connectivity index (χ1v) is 8.25. The van der Waals surface area contributed by atoms with Gasteiger partial charge in [-0.3, -0.25) is 0 Å². The molecule has 0 aliphatic rings. The van der Waals surface area contributed by atoms with Crippen LogP contribution in [-0.2, 0) is 25.2 Å². The summed E-state index contributed by atoms with van der Waals surface area (Å²) in [5.41, 5.74) is -3.03. The maximum absolute atomic E-state index is 14.1. The Bertz CT molecular complexity index is 1060. The van der Waals surface area contributed by atoms with Gasteiger partial charge in [-0.15, -0.1) is 0 Å². The summed E-state index contributed by atoms with van der Waals surface area (Å²) in [5.74, 6) is -11.1. The van der Waals surface area contributed by atoms with Crippen molar-refractivity contribution >= 4 is 17.6 Å². The van der Waals surface area contributed by atoms with Crippen LogP contribution in [0.5, 0.6) is 11.5 Å². The average molecular weight is 467 g/mol. The number of esters is 2. The first-order valence-electron chi connectivity index (χ1n) is 8.25. The normalized spacial score (nSPS) is 11.7. The summed E-state index contributed by atoms with van der Waals surface area (Å²) in [5, 5.41) is 2.10. The van der Waals surface area contributed by atoms with Gasteiger partial charge in [0.2, 0.25) is 0 Å². The SMILES string of the molecule is COC(=O)/C=C(/Nc1cc(Oc2c(F)cc(C(F)(F)F)cc2F)c(F)cc1F)C(=O)OC. The Hall–Kier alpha value is -3.77. The van der Waals surface area contributed by atoms with Crippen molar-refractivity contribution in [2.75, 3.05) is 19.5 Å². The Morgan fingerprint density at radius 1 is 0.875 bits per heavy atom. The highest BCUT2D eigenvalue weighted by Gasteiger charge is 2.33. The summed E-state index contributed by atoms with van der Waals surface area (Å²) in [4.78, 5) is 23.1. The fourth-order valence-electron chi connectivity index (χ4n) is 2.21. The minimum Gasteiger partial charge on any atom is -0.466 e. The van der Waals surface area contributed by atoms with Gasteiger partial charge in [0.25, 0.3) is 0 Å². The highest BCUT2D eigenvalue weighted by Crippen LogP contribution is 2.37. The van der Waals surface area contributed by atoms with Gasteiger partial charge in [0, 0.05) is 12.1 Å². The number of benzene rings is 2. The van der Waals surface area contributed by atoms with Crippen molar-refractivity contribution in [2.24, 2.45) is 0 Å². The van der Waals surface area contributed by atoms with Crippen molar-refractivity contribution < 1.29 is 54.5 Å². The number of hydrogen-bond acceptors (Lipinski definition) is 6. The van der Waals surface area contributed by atoms with Gasteiger partial charge < -0.3 is 19.5 Å². The predicted molar refractivity (Wildman–Crippen MR) is 93.5 cm³/mol. The number of rotatable bonds is 6. The van der Waals surface area contributed by atoms with E-state index in [9.17, 15) is 40.3 Å². The molecule has 0 bridgehead atoms. The largest absolute Gasteiger partial charge is 0.466 e. The molecular weight excluding hydrogens is 455 g/mol. The molecule has 0 aliphatic heterocycles. The Kier molecular flexibility index (Phi) is 7.33.